The molecule has 138 valence electrons. The fourth-order valence-corrected chi connectivity index (χ4v) is 4.19. The molecule has 27 heavy (non-hydrogen) atoms. The topological polar surface area (TPSA) is 100 Å². The minimum Gasteiger partial charge on any atom is -0.298 e. The zero-order valence-corrected chi connectivity index (χ0v) is 15.7. The molecule has 1 amide bonds. The van der Waals surface area contributed by atoms with Gasteiger partial charge in [-0.25, -0.2) is 8.42 Å². The Hall–Kier alpha value is -3.17. The Morgan fingerprint density at radius 1 is 0.963 bits per heavy atom. The van der Waals surface area contributed by atoms with Crippen LogP contribution in [0.25, 0.3) is 5.70 Å². The van der Waals surface area contributed by atoms with Gasteiger partial charge in [-0.05, 0) is 47.8 Å². The maximum absolute atomic E-state index is 12.2. The van der Waals surface area contributed by atoms with E-state index in [9.17, 15) is 13.2 Å². The van der Waals surface area contributed by atoms with Crippen LogP contribution in [0.4, 0.5) is 5.69 Å². The lowest BCUT2D eigenvalue weighted by atomic mass is 10.2. The van der Waals surface area contributed by atoms with E-state index < -0.39 is 10.0 Å². The molecular formula is C18H16N4O3S2. The summed E-state index contributed by atoms with van der Waals surface area (Å²) in [4.78, 5) is 16.1. The maximum atomic E-state index is 12.2. The molecule has 3 N–H and O–H groups in total. The highest BCUT2D eigenvalue weighted by molar-refractivity contribution is 7.94. The molecule has 2 aromatic heterocycles. The first-order chi connectivity index (χ1) is 13.0. The summed E-state index contributed by atoms with van der Waals surface area (Å²) in [6.45, 7) is 3.84. The zero-order valence-electron chi connectivity index (χ0n) is 14.0. The van der Waals surface area contributed by atoms with Gasteiger partial charge in [-0.1, -0.05) is 12.6 Å². The third-order valence-corrected chi connectivity index (χ3v) is 6.29. The number of nitrogens with zero attached hydrogens (tertiary/aromatic N) is 1. The fourth-order valence-electron chi connectivity index (χ4n) is 2.14. The van der Waals surface area contributed by atoms with Crippen LogP contribution in [0.3, 0.4) is 0 Å². The summed E-state index contributed by atoms with van der Waals surface area (Å²) in [6.07, 6.45) is 3.25. The van der Waals surface area contributed by atoms with Gasteiger partial charge in [0.25, 0.3) is 15.9 Å². The molecule has 0 aliphatic carbocycles. The summed E-state index contributed by atoms with van der Waals surface area (Å²) in [6, 6.07) is 12.8. The van der Waals surface area contributed by atoms with E-state index in [2.05, 4.69) is 27.1 Å². The SMILES string of the molecule is C=C(NNC(=O)c1ccc(NS(=O)(=O)c2cccs2)cc1)c1ccncc1. The van der Waals surface area contributed by atoms with Crippen molar-refractivity contribution >= 4 is 38.7 Å². The van der Waals surface area contributed by atoms with E-state index in [1.54, 1.807) is 36.0 Å². The van der Waals surface area contributed by atoms with Gasteiger partial charge in [-0.2, -0.15) is 0 Å². The summed E-state index contributed by atoms with van der Waals surface area (Å²) in [5.41, 5.74) is 7.33. The number of hydrogen-bond donors (Lipinski definition) is 3. The van der Waals surface area contributed by atoms with Crippen molar-refractivity contribution in [2.45, 2.75) is 4.21 Å². The largest absolute Gasteiger partial charge is 0.298 e. The van der Waals surface area contributed by atoms with Crippen LogP contribution >= 0.6 is 11.3 Å². The number of carbonyl (C=O) groups is 1. The Morgan fingerprint density at radius 2 is 1.67 bits per heavy atom. The molecule has 7 nitrogen and oxygen atoms in total. The van der Waals surface area contributed by atoms with Crippen molar-refractivity contribution in [3.8, 4) is 0 Å². The Labute approximate surface area is 160 Å². The van der Waals surface area contributed by atoms with Crippen LogP contribution in [0.5, 0.6) is 0 Å². The van der Waals surface area contributed by atoms with E-state index in [-0.39, 0.29) is 10.1 Å². The molecule has 0 saturated carbocycles. The number of hydrogen-bond acceptors (Lipinski definition) is 6. The summed E-state index contributed by atoms with van der Waals surface area (Å²) >= 11 is 1.13. The second kappa shape index (κ2) is 8.02. The maximum Gasteiger partial charge on any atom is 0.271 e. The Balaban J connectivity index is 1.60. The first kappa shape index (κ1) is 18.6. The van der Waals surface area contributed by atoms with Crippen molar-refractivity contribution in [1.29, 1.82) is 0 Å². The van der Waals surface area contributed by atoms with Crippen molar-refractivity contribution in [2.24, 2.45) is 0 Å². The van der Waals surface area contributed by atoms with Crippen molar-refractivity contribution < 1.29 is 13.2 Å². The lowest BCUT2D eigenvalue weighted by Gasteiger charge is -2.11. The van der Waals surface area contributed by atoms with Crippen LogP contribution in [0.2, 0.25) is 0 Å². The van der Waals surface area contributed by atoms with Crippen LogP contribution in [-0.2, 0) is 10.0 Å². The predicted octanol–water partition coefficient (Wildman–Crippen LogP) is 2.85. The summed E-state index contributed by atoms with van der Waals surface area (Å²) in [5, 5.41) is 1.69. The molecule has 2 heterocycles. The van der Waals surface area contributed by atoms with Crippen LogP contribution in [0.1, 0.15) is 15.9 Å². The quantitative estimate of drug-likeness (QED) is 0.530. The average molecular weight is 400 g/mol. The standard InChI is InChI=1S/C18H16N4O3S2/c1-13(14-8-10-19-11-9-14)20-21-18(23)15-4-6-16(7-5-15)22-27(24,25)17-3-2-12-26-17/h2-12,20,22H,1H2,(H,21,23). The van der Waals surface area contributed by atoms with E-state index in [1.165, 1.54) is 30.3 Å². The number of pyridine rings is 1. The highest BCUT2D eigenvalue weighted by Crippen LogP contribution is 2.20. The number of nitrogens with one attached hydrogen (secondary N) is 3. The average Bonchev–Trinajstić information content (AvgIpc) is 3.23. The molecule has 0 unspecified atom stereocenters. The van der Waals surface area contributed by atoms with Crippen molar-refractivity contribution in [3.05, 3.63) is 84.0 Å². The number of aromatic nitrogens is 1. The van der Waals surface area contributed by atoms with E-state index in [0.717, 1.165) is 16.9 Å². The van der Waals surface area contributed by atoms with Gasteiger partial charge in [0, 0.05) is 29.2 Å². The van der Waals surface area contributed by atoms with Crippen LogP contribution in [0.15, 0.2) is 77.1 Å². The molecule has 0 aliphatic rings. The molecule has 0 saturated heterocycles. The van der Waals surface area contributed by atoms with Gasteiger partial charge < -0.3 is 0 Å². The summed E-state index contributed by atoms with van der Waals surface area (Å²) < 4.78 is 27.1. The Kier molecular flexibility index (Phi) is 5.53. The normalized spacial score (nSPS) is 10.8. The first-order valence-corrected chi connectivity index (χ1v) is 10.1. The smallest absolute Gasteiger partial charge is 0.271 e. The van der Waals surface area contributed by atoms with Gasteiger partial charge >= 0.3 is 0 Å². The summed E-state index contributed by atoms with van der Waals surface area (Å²) in [7, 11) is -3.62. The third kappa shape index (κ3) is 4.72. The molecule has 0 spiro atoms. The fraction of sp³-hybridized carbons (Fsp3) is 0. The van der Waals surface area contributed by atoms with Crippen LogP contribution < -0.4 is 15.6 Å². The lowest BCUT2D eigenvalue weighted by Crippen LogP contribution is -2.35. The first-order valence-electron chi connectivity index (χ1n) is 7.78. The van der Waals surface area contributed by atoms with Gasteiger partial charge in [0.15, 0.2) is 0 Å². The molecule has 0 atom stereocenters. The number of sulfonamides is 1. The van der Waals surface area contributed by atoms with E-state index >= 15 is 0 Å². The molecule has 3 rings (SSSR count). The van der Waals surface area contributed by atoms with Crippen molar-refractivity contribution in [3.63, 3.8) is 0 Å². The Morgan fingerprint density at radius 3 is 2.30 bits per heavy atom. The minimum absolute atomic E-state index is 0.225. The number of thiophene rings is 1. The molecule has 0 aliphatic heterocycles. The third-order valence-electron chi connectivity index (χ3n) is 3.51. The molecule has 0 fully saturated rings. The van der Waals surface area contributed by atoms with Gasteiger partial charge in [0.2, 0.25) is 0 Å². The van der Waals surface area contributed by atoms with Gasteiger partial charge in [0.05, 0.1) is 5.70 Å². The van der Waals surface area contributed by atoms with Crippen LogP contribution in [-0.4, -0.2) is 19.3 Å². The van der Waals surface area contributed by atoms with E-state index in [1.807, 2.05) is 0 Å². The predicted molar refractivity (Wildman–Crippen MR) is 105 cm³/mol. The van der Waals surface area contributed by atoms with Gasteiger partial charge in [-0.3, -0.25) is 25.4 Å². The molecule has 9 heteroatoms. The lowest BCUT2D eigenvalue weighted by molar-refractivity contribution is 0.0942. The van der Waals surface area contributed by atoms with Crippen molar-refractivity contribution in [1.82, 2.24) is 15.8 Å². The number of hydrazine groups is 1. The summed E-state index contributed by atoms with van der Waals surface area (Å²) in [5.74, 6) is -0.377. The van der Waals surface area contributed by atoms with Gasteiger partial charge in [-0.15, -0.1) is 11.3 Å². The number of carbonyl (C=O) groups excluding carboxylic acids is 1. The Bertz CT molecular complexity index is 1030. The molecule has 0 bridgehead atoms. The zero-order chi connectivity index (χ0) is 19.3. The van der Waals surface area contributed by atoms with E-state index in [4.69, 9.17) is 0 Å². The molecule has 3 aromatic rings. The number of amides is 1. The monoisotopic (exact) mass is 400 g/mol. The second-order valence-electron chi connectivity index (χ2n) is 5.41. The molecule has 0 radical (unpaired) electrons. The number of benzene rings is 1. The number of anilines is 1. The van der Waals surface area contributed by atoms with Crippen LogP contribution in [0, 0.1) is 0 Å². The van der Waals surface area contributed by atoms with Crippen molar-refractivity contribution in [2.75, 3.05) is 4.72 Å². The second-order valence-corrected chi connectivity index (χ2v) is 8.27. The number of rotatable bonds is 7. The highest BCUT2D eigenvalue weighted by atomic mass is 32.2. The minimum atomic E-state index is -3.62. The molecular weight excluding hydrogens is 384 g/mol. The highest BCUT2D eigenvalue weighted by Gasteiger charge is 2.15. The van der Waals surface area contributed by atoms with E-state index in [0.29, 0.717) is 16.9 Å². The molecule has 1 aromatic carbocycles. The van der Waals surface area contributed by atoms with Gasteiger partial charge in [0.1, 0.15) is 4.21 Å².